The summed E-state index contributed by atoms with van der Waals surface area (Å²) in [6.07, 6.45) is 0.897. The van der Waals surface area contributed by atoms with E-state index in [0.29, 0.717) is 11.1 Å². The maximum Gasteiger partial charge on any atom is 0.127 e. The third-order valence-corrected chi connectivity index (χ3v) is 2.91. The molecular weight excluding hydrogens is 191 g/mol. The molecule has 0 aromatic heterocycles. The highest BCUT2D eigenvalue weighted by Gasteiger charge is 2.14. The smallest absolute Gasteiger partial charge is 0.127 e. The molecule has 84 valence electrons. The maximum absolute atomic E-state index is 13.7. The van der Waals surface area contributed by atoms with Gasteiger partial charge in [-0.1, -0.05) is 27.7 Å². The van der Waals surface area contributed by atoms with E-state index in [4.69, 9.17) is 0 Å². The van der Waals surface area contributed by atoms with Crippen molar-refractivity contribution < 1.29 is 9.50 Å². The number of phenolic OH excluding ortho intramolecular Hbond substituents is 1. The normalized spacial score (nSPS) is 13.2. The largest absolute Gasteiger partial charge is 0.508 e. The number of halogens is 1. The molecule has 1 unspecified atom stereocenters. The average Bonchev–Trinajstić information content (AvgIpc) is 2.19. The summed E-state index contributed by atoms with van der Waals surface area (Å²) in [5.41, 5.74) is 1.29. The Morgan fingerprint density at radius 3 is 2.27 bits per heavy atom. The molecule has 0 saturated carbocycles. The van der Waals surface area contributed by atoms with Crippen molar-refractivity contribution in [3.05, 3.63) is 29.1 Å². The van der Waals surface area contributed by atoms with Gasteiger partial charge in [0.15, 0.2) is 0 Å². The second-order valence-electron chi connectivity index (χ2n) is 4.40. The lowest BCUT2D eigenvalue weighted by molar-refractivity contribution is 0.456. The van der Waals surface area contributed by atoms with Crippen LogP contribution in [0.5, 0.6) is 5.75 Å². The lowest BCUT2D eigenvalue weighted by Gasteiger charge is -2.15. The van der Waals surface area contributed by atoms with Crippen LogP contribution in [0.3, 0.4) is 0 Å². The van der Waals surface area contributed by atoms with Gasteiger partial charge in [-0.25, -0.2) is 4.39 Å². The SMILES string of the molecule is CCC(C)c1cc(F)c(C(C)C)cc1O. The molecular formula is C13H19FO. The van der Waals surface area contributed by atoms with Crippen molar-refractivity contribution in [2.45, 2.75) is 46.0 Å². The number of phenols is 1. The van der Waals surface area contributed by atoms with E-state index < -0.39 is 0 Å². The lowest BCUT2D eigenvalue weighted by Crippen LogP contribution is -1.98. The van der Waals surface area contributed by atoms with Gasteiger partial charge in [-0.2, -0.15) is 0 Å². The molecule has 1 rings (SSSR count). The molecule has 2 heteroatoms. The minimum atomic E-state index is -0.210. The fraction of sp³-hybridized carbons (Fsp3) is 0.538. The lowest BCUT2D eigenvalue weighted by atomic mass is 9.93. The van der Waals surface area contributed by atoms with E-state index in [1.165, 1.54) is 6.07 Å². The van der Waals surface area contributed by atoms with E-state index in [1.54, 1.807) is 6.07 Å². The molecule has 0 saturated heterocycles. The first-order valence-corrected chi connectivity index (χ1v) is 5.49. The first-order chi connectivity index (χ1) is 6.97. The maximum atomic E-state index is 13.7. The van der Waals surface area contributed by atoms with Crippen LogP contribution in [0.15, 0.2) is 12.1 Å². The van der Waals surface area contributed by atoms with Crippen LogP contribution < -0.4 is 0 Å². The highest BCUT2D eigenvalue weighted by molar-refractivity contribution is 5.40. The van der Waals surface area contributed by atoms with Gasteiger partial charge in [-0.05, 0) is 41.5 Å². The average molecular weight is 210 g/mol. The van der Waals surface area contributed by atoms with Crippen LogP contribution >= 0.6 is 0 Å². The standard InChI is InChI=1S/C13H19FO/c1-5-9(4)11-6-12(14)10(8(2)3)7-13(11)15/h6-9,15H,5H2,1-4H3. The third-order valence-electron chi connectivity index (χ3n) is 2.91. The van der Waals surface area contributed by atoms with E-state index >= 15 is 0 Å². The van der Waals surface area contributed by atoms with Crippen molar-refractivity contribution in [1.82, 2.24) is 0 Å². The minimum absolute atomic E-state index is 0.0990. The molecule has 15 heavy (non-hydrogen) atoms. The highest BCUT2D eigenvalue weighted by atomic mass is 19.1. The zero-order valence-corrected chi connectivity index (χ0v) is 9.84. The second kappa shape index (κ2) is 4.65. The summed E-state index contributed by atoms with van der Waals surface area (Å²) in [5, 5.41) is 9.80. The third kappa shape index (κ3) is 2.49. The van der Waals surface area contributed by atoms with Crippen molar-refractivity contribution >= 4 is 0 Å². The number of rotatable bonds is 3. The van der Waals surface area contributed by atoms with Crippen molar-refractivity contribution in [2.24, 2.45) is 0 Å². The van der Waals surface area contributed by atoms with Gasteiger partial charge in [0.1, 0.15) is 11.6 Å². The zero-order chi connectivity index (χ0) is 11.6. The van der Waals surface area contributed by atoms with E-state index in [0.717, 1.165) is 6.42 Å². The van der Waals surface area contributed by atoms with Crippen molar-refractivity contribution in [3.63, 3.8) is 0 Å². The fourth-order valence-electron chi connectivity index (χ4n) is 1.65. The summed E-state index contributed by atoms with van der Waals surface area (Å²) in [7, 11) is 0. The van der Waals surface area contributed by atoms with Gasteiger partial charge in [-0.15, -0.1) is 0 Å². The number of hydrogen-bond donors (Lipinski definition) is 1. The van der Waals surface area contributed by atoms with Crippen LogP contribution in [0.25, 0.3) is 0 Å². The summed E-state index contributed by atoms with van der Waals surface area (Å²) in [4.78, 5) is 0. The Hall–Kier alpha value is -1.05. The van der Waals surface area contributed by atoms with Crippen LogP contribution in [0, 0.1) is 5.82 Å². The van der Waals surface area contributed by atoms with Gasteiger partial charge in [0.05, 0.1) is 0 Å². The molecule has 1 nitrogen and oxygen atoms in total. The summed E-state index contributed by atoms with van der Waals surface area (Å²) in [6.45, 7) is 7.85. The molecule has 0 heterocycles. The summed E-state index contributed by atoms with van der Waals surface area (Å²) >= 11 is 0. The topological polar surface area (TPSA) is 20.2 Å². The Morgan fingerprint density at radius 2 is 1.80 bits per heavy atom. The van der Waals surface area contributed by atoms with Crippen LogP contribution in [0.4, 0.5) is 4.39 Å². The van der Waals surface area contributed by atoms with Crippen molar-refractivity contribution in [3.8, 4) is 5.75 Å². The minimum Gasteiger partial charge on any atom is -0.508 e. The monoisotopic (exact) mass is 210 g/mol. The molecule has 0 aliphatic carbocycles. The first kappa shape index (κ1) is 12.0. The molecule has 1 atom stereocenters. The van der Waals surface area contributed by atoms with Gasteiger partial charge in [0.2, 0.25) is 0 Å². The van der Waals surface area contributed by atoms with Gasteiger partial charge in [0.25, 0.3) is 0 Å². The molecule has 0 bridgehead atoms. The molecule has 0 amide bonds. The Kier molecular flexibility index (Phi) is 3.72. The number of hydrogen-bond acceptors (Lipinski definition) is 1. The van der Waals surface area contributed by atoms with E-state index in [1.807, 2.05) is 27.7 Å². The second-order valence-corrected chi connectivity index (χ2v) is 4.40. The molecule has 0 spiro atoms. The quantitative estimate of drug-likeness (QED) is 0.793. The fourth-order valence-corrected chi connectivity index (χ4v) is 1.65. The van der Waals surface area contributed by atoms with Gasteiger partial charge in [0, 0.05) is 0 Å². The van der Waals surface area contributed by atoms with Crippen LogP contribution in [0.2, 0.25) is 0 Å². The predicted octanol–water partition coefficient (Wildman–Crippen LogP) is 4.17. The van der Waals surface area contributed by atoms with Gasteiger partial charge < -0.3 is 5.11 Å². The van der Waals surface area contributed by atoms with E-state index in [2.05, 4.69) is 0 Å². The van der Waals surface area contributed by atoms with Gasteiger partial charge >= 0.3 is 0 Å². The highest BCUT2D eigenvalue weighted by Crippen LogP contribution is 2.32. The van der Waals surface area contributed by atoms with Crippen LogP contribution in [0.1, 0.15) is 57.1 Å². The summed E-state index contributed by atoms with van der Waals surface area (Å²) in [5.74, 6) is 0.301. The number of aromatic hydroxyl groups is 1. The molecule has 1 aromatic rings. The predicted molar refractivity (Wildman–Crippen MR) is 60.9 cm³/mol. The molecule has 1 aromatic carbocycles. The molecule has 0 aliphatic heterocycles. The Morgan fingerprint density at radius 1 is 1.20 bits per heavy atom. The molecule has 1 N–H and O–H groups in total. The van der Waals surface area contributed by atoms with Crippen molar-refractivity contribution in [1.29, 1.82) is 0 Å². The van der Waals surface area contributed by atoms with E-state index in [9.17, 15) is 9.50 Å². The zero-order valence-electron chi connectivity index (χ0n) is 9.84. The molecule has 0 fully saturated rings. The van der Waals surface area contributed by atoms with Crippen LogP contribution in [-0.2, 0) is 0 Å². The van der Waals surface area contributed by atoms with Crippen molar-refractivity contribution in [2.75, 3.05) is 0 Å². The summed E-state index contributed by atoms with van der Waals surface area (Å²) < 4.78 is 13.7. The van der Waals surface area contributed by atoms with Gasteiger partial charge in [-0.3, -0.25) is 0 Å². The Balaban J connectivity index is 3.19. The van der Waals surface area contributed by atoms with Crippen LogP contribution in [-0.4, -0.2) is 5.11 Å². The summed E-state index contributed by atoms with van der Waals surface area (Å²) in [6, 6.07) is 3.03. The Bertz CT molecular complexity index is 345. The molecule has 0 radical (unpaired) electrons. The number of benzene rings is 1. The van der Waals surface area contributed by atoms with E-state index in [-0.39, 0.29) is 23.4 Å². The molecule has 0 aliphatic rings. The Labute approximate surface area is 90.9 Å². The first-order valence-electron chi connectivity index (χ1n) is 5.49.